The van der Waals surface area contributed by atoms with Crippen LogP contribution < -0.4 is 5.32 Å². The Labute approximate surface area is 137 Å². The zero-order chi connectivity index (χ0) is 15.9. The Hall–Kier alpha value is -2.14. The van der Waals surface area contributed by atoms with Crippen LogP contribution in [0.4, 0.5) is 0 Å². The van der Waals surface area contributed by atoms with Gasteiger partial charge in [0.15, 0.2) is 0 Å². The summed E-state index contributed by atoms with van der Waals surface area (Å²) in [6.45, 7) is 0. The van der Waals surface area contributed by atoms with Crippen LogP contribution in [0.1, 0.15) is 15.9 Å². The SMILES string of the molecule is COC(=O)[C@@H](Cc1ccccc1Br)NC(=O)c1ccccc1. The molecule has 0 bridgehead atoms. The molecule has 4 nitrogen and oxygen atoms in total. The molecule has 2 rings (SSSR count). The van der Waals surface area contributed by atoms with Crippen LogP contribution in [-0.2, 0) is 16.0 Å². The Kier molecular flexibility index (Phi) is 5.72. The number of esters is 1. The van der Waals surface area contributed by atoms with Gasteiger partial charge in [-0.1, -0.05) is 52.3 Å². The number of hydrogen-bond donors (Lipinski definition) is 1. The lowest BCUT2D eigenvalue weighted by molar-refractivity contribution is -0.142. The van der Waals surface area contributed by atoms with Crippen molar-refractivity contribution in [1.29, 1.82) is 0 Å². The smallest absolute Gasteiger partial charge is 0.328 e. The number of nitrogens with one attached hydrogen (secondary N) is 1. The monoisotopic (exact) mass is 361 g/mol. The summed E-state index contributed by atoms with van der Waals surface area (Å²) in [6, 6.07) is 15.6. The van der Waals surface area contributed by atoms with Crippen molar-refractivity contribution in [2.75, 3.05) is 7.11 Å². The van der Waals surface area contributed by atoms with Crippen molar-refractivity contribution < 1.29 is 14.3 Å². The number of carbonyl (C=O) groups is 2. The third kappa shape index (κ3) is 4.18. The summed E-state index contributed by atoms with van der Waals surface area (Å²) in [5.41, 5.74) is 1.43. The predicted molar refractivity (Wildman–Crippen MR) is 87.6 cm³/mol. The van der Waals surface area contributed by atoms with Gasteiger partial charge in [0.1, 0.15) is 6.04 Å². The van der Waals surface area contributed by atoms with E-state index in [1.54, 1.807) is 24.3 Å². The zero-order valence-corrected chi connectivity index (χ0v) is 13.7. The van der Waals surface area contributed by atoms with Gasteiger partial charge in [-0.2, -0.15) is 0 Å². The van der Waals surface area contributed by atoms with Crippen LogP contribution in [0.3, 0.4) is 0 Å². The van der Waals surface area contributed by atoms with E-state index in [1.807, 2.05) is 30.3 Å². The van der Waals surface area contributed by atoms with Gasteiger partial charge in [-0.15, -0.1) is 0 Å². The second kappa shape index (κ2) is 7.75. The minimum absolute atomic E-state index is 0.303. The number of carbonyl (C=O) groups excluding carboxylic acids is 2. The first-order valence-corrected chi connectivity index (χ1v) is 7.58. The largest absolute Gasteiger partial charge is 0.467 e. The summed E-state index contributed by atoms with van der Waals surface area (Å²) in [6.07, 6.45) is 0.354. The van der Waals surface area contributed by atoms with Gasteiger partial charge in [-0.3, -0.25) is 4.79 Å². The molecule has 1 amide bonds. The Bertz CT molecular complexity index is 658. The van der Waals surface area contributed by atoms with Gasteiger partial charge < -0.3 is 10.1 Å². The lowest BCUT2D eigenvalue weighted by atomic mass is 10.1. The molecule has 0 radical (unpaired) electrons. The van der Waals surface area contributed by atoms with Crippen LogP contribution in [0.25, 0.3) is 0 Å². The predicted octanol–water partition coefficient (Wildman–Crippen LogP) is 2.96. The van der Waals surface area contributed by atoms with Crippen molar-refractivity contribution in [3.05, 3.63) is 70.2 Å². The minimum atomic E-state index is -0.739. The maximum absolute atomic E-state index is 12.2. The van der Waals surface area contributed by atoms with E-state index in [0.717, 1.165) is 10.0 Å². The van der Waals surface area contributed by atoms with E-state index in [-0.39, 0.29) is 5.91 Å². The summed E-state index contributed by atoms with van der Waals surface area (Å²) in [5, 5.41) is 2.73. The number of ether oxygens (including phenoxy) is 1. The first-order chi connectivity index (χ1) is 10.6. The highest BCUT2D eigenvalue weighted by molar-refractivity contribution is 9.10. The highest BCUT2D eigenvalue weighted by Crippen LogP contribution is 2.18. The number of methoxy groups -OCH3 is 1. The molecule has 0 heterocycles. The molecule has 0 spiro atoms. The summed E-state index contributed by atoms with van der Waals surface area (Å²) < 4.78 is 5.68. The molecule has 0 aromatic heterocycles. The van der Waals surface area contributed by atoms with Gasteiger partial charge in [0.05, 0.1) is 7.11 Å². The molecule has 5 heteroatoms. The Morgan fingerprint density at radius 1 is 1.09 bits per heavy atom. The first-order valence-electron chi connectivity index (χ1n) is 6.79. The van der Waals surface area contributed by atoms with Crippen molar-refractivity contribution in [3.63, 3.8) is 0 Å². The summed E-state index contributed by atoms with van der Waals surface area (Å²) in [4.78, 5) is 24.2. The molecule has 0 aliphatic rings. The Balaban J connectivity index is 2.15. The number of amides is 1. The van der Waals surface area contributed by atoms with Crippen LogP contribution in [0, 0.1) is 0 Å². The van der Waals surface area contributed by atoms with E-state index in [1.165, 1.54) is 7.11 Å². The fourth-order valence-corrected chi connectivity index (χ4v) is 2.50. The van der Waals surface area contributed by atoms with E-state index in [9.17, 15) is 9.59 Å². The van der Waals surface area contributed by atoms with Crippen LogP contribution in [-0.4, -0.2) is 25.0 Å². The van der Waals surface area contributed by atoms with Crippen molar-refractivity contribution in [2.45, 2.75) is 12.5 Å². The molecule has 114 valence electrons. The molecule has 0 aliphatic heterocycles. The summed E-state index contributed by atoms with van der Waals surface area (Å²) >= 11 is 3.44. The molecule has 0 saturated heterocycles. The van der Waals surface area contributed by atoms with Crippen molar-refractivity contribution in [3.8, 4) is 0 Å². The second-order valence-corrected chi connectivity index (χ2v) is 5.57. The van der Waals surface area contributed by atoms with Gasteiger partial charge in [-0.05, 0) is 23.8 Å². The number of benzene rings is 2. The molecule has 0 fully saturated rings. The van der Waals surface area contributed by atoms with Crippen molar-refractivity contribution in [1.82, 2.24) is 5.32 Å². The Morgan fingerprint density at radius 3 is 2.36 bits per heavy atom. The van der Waals surface area contributed by atoms with Crippen LogP contribution in [0.15, 0.2) is 59.1 Å². The van der Waals surface area contributed by atoms with Gasteiger partial charge in [0.2, 0.25) is 0 Å². The van der Waals surface area contributed by atoms with E-state index >= 15 is 0 Å². The average molecular weight is 362 g/mol. The van der Waals surface area contributed by atoms with Crippen molar-refractivity contribution in [2.24, 2.45) is 0 Å². The standard InChI is InChI=1S/C17H16BrNO3/c1-22-17(21)15(11-13-9-5-6-10-14(13)18)19-16(20)12-7-3-2-4-8-12/h2-10,15H,11H2,1H3,(H,19,20)/t15-/m1/s1. The maximum Gasteiger partial charge on any atom is 0.328 e. The number of rotatable bonds is 5. The highest BCUT2D eigenvalue weighted by atomic mass is 79.9. The van der Waals surface area contributed by atoms with E-state index in [0.29, 0.717) is 12.0 Å². The lowest BCUT2D eigenvalue weighted by Gasteiger charge is -2.17. The van der Waals surface area contributed by atoms with Gasteiger partial charge in [0.25, 0.3) is 5.91 Å². The van der Waals surface area contributed by atoms with E-state index in [2.05, 4.69) is 21.2 Å². The maximum atomic E-state index is 12.2. The lowest BCUT2D eigenvalue weighted by Crippen LogP contribution is -2.43. The topological polar surface area (TPSA) is 55.4 Å². The molecule has 0 saturated carbocycles. The van der Waals surface area contributed by atoms with E-state index in [4.69, 9.17) is 4.74 Å². The molecule has 0 aliphatic carbocycles. The van der Waals surface area contributed by atoms with Crippen molar-refractivity contribution >= 4 is 27.8 Å². The molecule has 2 aromatic rings. The van der Waals surface area contributed by atoms with Gasteiger partial charge in [-0.25, -0.2) is 4.79 Å². The molecular formula is C17H16BrNO3. The fraction of sp³-hybridized carbons (Fsp3) is 0.176. The molecular weight excluding hydrogens is 346 g/mol. The number of halogens is 1. The minimum Gasteiger partial charge on any atom is -0.467 e. The Morgan fingerprint density at radius 2 is 1.73 bits per heavy atom. The molecule has 1 atom stereocenters. The van der Waals surface area contributed by atoms with Gasteiger partial charge in [0, 0.05) is 16.5 Å². The quantitative estimate of drug-likeness (QED) is 0.833. The third-order valence-electron chi connectivity index (χ3n) is 3.21. The fourth-order valence-electron chi connectivity index (χ4n) is 2.05. The van der Waals surface area contributed by atoms with Crippen LogP contribution in [0.5, 0.6) is 0 Å². The third-order valence-corrected chi connectivity index (χ3v) is 3.98. The van der Waals surface area contributed by atoms with Crippen LogP contribution >= 0.6 is 15.9 Å². The molecule has 22 heavy (non-hydrogen) atoms. The van der Waals surface area contributed by atoms with Crippen LogP contribution in [0.2, 0.25) is 0 Å². The average Bonchev–Trinajstić information content (AvgIpc) is 2.56. The molecule has 2 aromatic carbocycles. The normalized spacial score (nSPS) is 11.5. The molecule has 0 unspecified atom stereocenters. The first kappa shape index (κ1) is 16.2. The molecule has 1 N–H and O–H groups in total. The summed E-state index contributed by atoms with van der Waals surface area (Å²) in [5.74, 6) is -0.775. The van der Waals surface area contributed by atoms with Gasteiger partial charge >= 0.3 is 5.97 Å². The summed E-state index contributed by atoms with van der Waals surface area (Å²) in [7, 11) is 1.31. The zero-order valence-electron chi connectivity index (χ0n) is 12.1. The van der Waals surface area contributed by atoms with E-state index < -0.39 is 12.0 Å². The second-order valence-electron chi connectivity index (χ2n) is 4.71. The number of hydrogen-bond acceptors (Lipinski definition) is 3. The highest BCUT2D eigenvalue weighted by Gasteiger charge is 2.23.